The first kappa shape index (κ1) is 26.1. The molecule has 1 aromatic heterocycles. The average Bonchev–Trinajstić information content (AvgIpc) is 3.54. The molecule has 0 saturated carbocycles. The van der Waals surface area contributed by atoms with Crippen molar-refractivity contribution in [2.45, 2.75) is 30.0 Å². The fourth-order valence-corrected chi connectivity index (χ4v) is 6.45. The molecule has 1 amide bonds. The Morgan fingerprint density at radius 2 is 1.62 bits per heavy atom. The van der Waals surface area contributed by atoms with Gasteiger partial charge in [0.15, 0.2) is 15.8 Å². The lowest BCUT2D eigenvalue weighted by molar-refractivity contribution is -0.132. The molecule has 3 aromatic carbocycles. The quantitative estimate of drug-likeness (QED) is 0.101. The number of carbonyl (C=O) groups excluding carboxylic acids is 2. The molecule has 4 aromatic rings. The minimum Gasteiger partial charge on any atom is -0.507 e. The van der Waals surface area contributed by atoms with Crippen LogP contribution in [0.15, 0.2) is 76.6 Å². The van der Waals surface area contributed by atoms with Crippen molar-refractivity contribution in [1.29, 1.82) is 0 Å². The highest BCUT2D eigenvalue weighted by Crippen LogP contribution is 2.45. The third-order valence-electron chi connectivity index (χ3n) is 6.74. The number of carbonyl (C=O) groups is 2. The fourth-order valence-electron chi connectivity index (χ4n) is 4.63. The summed E-state index contributed by atoms with van der Waals surface area (Å²) in [6.07, 6.45) is 0. The summed E-state index contributed by atoms with van der Waals surface area (Å²) in [4.78, 5) is 28.3. The molecule has 1 fully saturated rings. The number of ketones is 1. The lowest BCUT2D eigenvalue weighted by Gasteiger charge is -2.23. The van der Waals surface area contributed by atoms with E-state index in [9.17, 15) is 14.7 Å². The van der Waals surface area contributed by atoms with Crippen molar-refractivity contribution in [3.05, 3.63) is 100 Å². The van der Waals surface area contributed by atoms with Gasteiger partial charge in [-0.15, -0.1) is 10.2 Å². The number of anilines is 1. The summed E-state index contributed by atoms with van der Waals surface area (Å²) < 4.78 is 11.9. The van der Waals surface area contributed by atoms with E-state index in [2.05, 4.69) is 34.5 Å². The van der Waals surface area contributed by atoms with E-state index in [0.29, 0.717) is 51.1 Å². The van der Waals surface area contributed by atoms with Gasteiger partial charge in [0.25, 0.3) is 5.78 Å². The van der Waals surface area contributed by atoms with Gasteiger partial charge in [0, 0.05) is 11.3 Å². The third kappa shape index (κ3) is 4.96. The first-order chi connectivity index (χ1) is 19.4. The zero-order chi connectivity index (χ0) is 27.8. The van der Waals surface area contributed by atoms with Crippen LogP contribution in [0, 0.1) is 13.8 Å². The number of aromatic nitrogens is 2. The number of aliphatic hydroxyl groups is 1. The smallest absolute Gasteiger partial charge is 0.301 e. The van der Waals surface area contributed by atoms with Crippen molar-refractivity contribution in [3.8, 4) is 11.5 Å². The molecule has 2 aliphatic rings. The second kappa shape index (κ2) is 10.8. The van der Waals surface area contributed by atoms with Crippen molar-refractivity contribution in [3.63, 3.8) is 0 Å². The highest BCUT2D eigenvalue weighted by Gasteiger charge is 2.48. The number of Topliss-reactive ketones (excluding diaryl/α,β-unsaturated/α-hetero) is 1. The molecule has 6 rings (SSSR count). The average molecular weight is 572 g/mol. The summed E-state index contributed by atoms with van der Waals surface area (Å²) in [5, 5.41) is 20.3. The van der Waals surface area contributed by atoms with Gasteiger partial charge >= 0.3 is 5.91 Å². The van der Waals surface area contributed by atoms with Gasteiger partial charge in [-0.25, -0.2) is 0 Å². The van der Waals surface area contributed by atoms with Crippen LogP contribution in [0.1, 0.15) is 33.9 Å². The SMILES string of the molecule is Cc1ccc(CSc2nnc(N3C(=O)C(=O)/C(=C(/O)c4ccc5c(c4)OCCO5)C3c3ccc(C)cc3)s2)cc1. The summed E-state index contributed by atoms with van der Waals surface area (Å²) in [6.45, 7) is 4.82. The standard InChI is InChI=1S/C30H25N3O5S2/c1-17-3-7-19(8-4-17)16-39-30-32-31-29(40-30)33-25(20-9-5-18(2)6-10-20)24(27(35)28(33)36)26(34)21-11-12-22-23(15-21)38-14-13-37-22/h3-12,15,25,34H,13-14,16H2,1-2H3/b26-24+. The van der Waals surface area contributed by atoms with Crippen LogP contribution in [0.25, 0.3) is 5.76 Å². The van der Waals surface area contributed by atoms with E-state index in [1.54, 1.807) is 18.2 Å². The number of hydrogen-bond acceptors (Lipinski definition) is 9. The second-order valence-corrected chi connectivity index (χ2v) is 11.7. The van der Waals surface area contributed by atoms with Crippen molar-refractivity contribution in [2.75, 3.05) is 18.1 Å². The lowest BCUT2D eigenvalue weighted by atomic mass is 9.94. The van der Waals surface area contributed by atoms with E-state index in [0.717, 1.165) is 11.1 Å². The van der Waals surface area contributed by atoms with E-state index < -0.39 is 17.7 Å². The molecule has 10 heteroatoms. The van der Waals surface area contributed by atoms with Crippen molar-refractivity contribution < 1.29 is 24.2 Å². The van der Waals surface area contributed by atoms with Gasteiger partial charge < -0.3 is 14.6 Å². The number of fused-ring (bicyclic) bond motifs is 1. The monoisotopic (exact) mass is 571 g/mol. The minimum absolute atomic E-state index is 0.0189. The number of nitrogens with zero attached hydrogens (tertiary/aromatic N) is 3. The molecule has 202 valence electrons. The number of hydrogen-bond donors (Lipinski definition) is 1. The normalized spacial score (nSPS) is 17.9. The van der Waals surface area contributed by atoms with Crippen LogP contribution < -0.4 is 14.4 Å². The first-order valence-corrected chi connectivity index (χ1v) is 14.5. The molecular formula is C30H25N3O5S2. The molecular weight excluding hydrogens is 546 g/mol. The Morgan fingerprint density at radius 1 is 0.950 bits per heavy atom. The van der Waals surface area contributed by atoms with Crippen LogP contribution in [0.2, 0.25) is 0 Å². The zero-order valence-electron chi connectivity index (χ0n) is 21.8. The number of ether oxygens (including phenoxy) is 2. The molecule has 1 N–H and O–H groups in total. The number of rotatable bonds is 6. The van der Waals surface area contributed by atoms with Gasteiger partial charge in [-0.2, -0.15) is 0 Å². The Kier molecular flexibility index (Phi) is 7.03. The predicted octanol–water partition coefficient (Wildman–Crippen LogP) is 5.84. The number of amides is 1. The van der Waals surface area contributed by atoms with Gasteiger partial charge in [-0.1, -0.05) is 82.8 Å². The maximum absolute atomic E-state index is 13.5. The maximum Gasteiger partial charge on any atom is 0.301 e. The number of aryl methyl sites for hydroxylation is 2. The van der Waals surface area contributed by atoms with Gasteiger partial charge in [0.05, 0.1) is 11.6 Å². The largest absolute Gasteiger partial charge is 0.507 e. The molecule has 1 saturated heterocycles. The molecule has 3 heterocycles. The summed E-state index contributed by atoms with van der Waals surface area (Å²) in [5.41, 5.74) is 4.37. The molecule has 0 radical (unpaired) electrons. The lowest BCUT2D eigenvalue weighted by Crippen LogP contribution is -2.29. The van der Waals surface area contributed by atoms with Crippen LogP contribution in [-0.4, -0.2) is 40.2 Å². The number of aliphatic hydroxyl groups excluding tert-OH is 1. The Balaban J connectivity index is 1.38. The molecule has 40 heavy (non-hydrogen) atoms. The van der Waals surface area contributed by atoms with Crippen LogP contribution in [0.3, 0.4) is 0 Å². The van der Waals surface area contributed by atoms with Crippen LogP contribution in [0.4, 0.5) is 5.13 Å². The fraction of sp³-hybridized carbons (Fsp3) is 0.200. The highest BCUT2D eigenvalue weighted by atomic mass is 32.2. The van der Waals surface area contributed by atoms with Crippen molar-refractivity contribution >= 4 is 45.7 Å². The molecule has 0 spiro atoms. The summed E-state index contributed by atoms with van der Waals surface area (Å²) >= 11 is 2.75. The van der Waals surface area contributed by atoms with Crippen LogP contribution in [0.5, 0.6) is 11.5 Å². The van der Waals surface area contributed by atoms with E-state index in [-0.39, 0.29) is 11.3 Å². The molecule has 0 bridgehead atoms. The first-order valence-electron chi connectivity index (χ1n) is 12.7. The molecule has 1 atom stereocenters. The van der Waals surface area contributed by atoms with Crippen molar-refractivity contribution in [1.82, 2.24) is 10.2 Å². The molecule has 8 nitrogen and oxygen atoms in total. The summed E-state index contributed by atoms with van der Waals surface area (Å²) in [7, 11) is 0. The van der Waals surface area contributed by atoms with Gasteiger partial charge in [-0.05, 0) is 43.2 Å². The van der Waals surface area contributed by atoms with Crippen LogP contribution >= 0.6 is 23.1 Å². The van der Waals surface area contributed by atoms with Gasteiger partial charge in [0.1, 0.15) is 19.0 Å². The Bertz CT molecular complexity index is 1630. The Labute approximate surface area is 239 Å². The van der Waals surface area contributed by atoms with Crippen LogP contribution in [-0.2, 0) is 15.3 Å². The Hall–Kier alpha value is -4.15. The third-order valence-corrected chi connectivity index (χ3v) is 8.86. The number of thioether (sulfide) groups is 1. The van der Waals surface area contributed by atoms with E-state index in [1.807, 2.05) is 38.1 Å². The van der Waals surface area contributed by atoms with Crippen molar-refractivity contribution in [2.24, 2.45) is 0 Å². The minimum atomic E-state index is -0.878. The zero-order valence-corrected chi connectivity index (χ0v) is 23.4. The molecule has 1 unspecified atom stereocenters. The molecule has 0 aliphatic carbocycles. The van der Waals surface area contributed by atoms with Gasteiger partial charge in [-0.3, -0.25) is 14.5 Å². The second-order valence-electron chi connectivity index (χ2n) is 9.56. The van der Waals surface area contributed by atoms with E-state index in [4.69, 9.17) is 9.47 Å². The summed E-state index contributed by atoms with van der Waals surface area (Å²) in [5.74, 6) is -0.127. The summed E-state index contributed by atoms with van der Waals surface area (Å²) in [6, 6.07) is 19.8. The molecule has 2 aliphatic heterocycles. The number of benzene rings is 3. The highest BCUT2D eigenvalue weighted by molar-refractivity contribution is 8.00. The predicted molar refractivity (Wildman–Crippen MR) is 154 cm³/mol. The van der Waals surface area contributed by atoms with E-state index in [1.165, 1.54) is 33.6 Å². The van der Waals surface area contributed by atoms with E-state index >= 15 is 0 Å². The maximum atomic E-state index is 13.5. The van der Waals surface area contributed by atoms with Gasteiger partial charge in [0.2, 0.25) is 5.13 Å². The Morgan fingerprint density at radius 3 is 2.35 bits per heavy atom. The topological polar surface area (TPSA) is 102 Å².